The molecule has 2 aliphatic rings. The summed E-state index contributed by atoms with van der Waals surface area (Å²) < 4.78 is 11.4. The molecule has 0 unspecified atom stereocenters. The van der Waals surface area contributed by atoms with Crippen LogP contribution < -0.4 is 14.8 Å². The summed E-state index contributed by atoms with van der Waals surface area (Å²) in [6.45, 7) is 4.69. The summed E-state index contributed by atoms with van der Waals surface area (Å²) in [6, 6.07) is 6.59. The molecule has 2 aliphatic heterocycles. The zero-order valence-corrected chi connectivity index (χ0v) is 9.53. The normalized spacial score (nSPS) is 28.1. The second kappa shape index (κ2) is 3.98. The maximum absolute atomic E-state index is 5.75. The highest BCUT2D eigenvalue weighted by molar-refractivity contribution is 5.49. The van der Waals surface area contributed by atoms with Crippen molar-refractivity contribution in [2.75, 3.05) is 19.8 Å². The molecule has 3 nitrogen and oxygen atoms in total. The summed E-state index contributed by atoms with van der Waals surface area (Å²) in [5.41, 5.74) is 1.25. The van der Waals surface area contributed by atoms with Gasteiger partial charge >= 0.3 is 0 Å². The first-order chi connectivity index (χ1) is 7.86. The SMILES string of the molecule is C[C@@H]1CCN[C@H]1c1cccc2c1OCCO2. The lowest BCUT2D eigenvalue weighted by Crippen LogP contribution is -2.21. The zero-order valence-electron chi connectivity index (χ0n) is 9.53. The van der Waals surface area contributed by atoms with E-state index in [-0.39, 0.29) is 0 Å². The van der Waals surface area contributed by atoms with E-state index in [1.165, 1.54) is 12.0 Å². The number of ether oxygens (including phenoxy) is 2. The molecule has 86 valence electrons. The molecule has 0 amide bonds. The van der Waals surface area contributed by atoms with Gasteiger partial charge in [0.25, 0.3) is 0 Å². The van der Waals surface area contributed by atoms with E-state index in [4.69, 9.17) is 9.47 Å². The molecule has 3 rings (SSSR count). The lowest BCUT2D eigenvalue weighted by Gasteiger charge is -2.25. The summed E-state index contributed by atoms with van der Waals surface area (Å²) in [5, 5.41) is 3.54. The van der Waals surface area contributed by atoms with Crippen LogP contribution in [0.15, 0.2) is 18.2 Å². The Bertz CT molecular complexity index is 392. The van der Waals surface area contributed by atoms with Crippen LogP contribution in [0.2, 0.25) is 0 Å². The predicted molar refractivity (Wildman–Crippen MR) is 62.0 cm³/mol. The minimum atomic E-state index is 0.414. The van der Waals surface area contributed by atoms with Crippen molar-refractivity contribution < 1.29 is 9.47 Å². The third-order valence-electron chi connectivity index (χ3n) is 3.46. The van der Waals surface area contributed by atoms with Gasteiger partial charge in [-0.25, -0.2) is 0 Å². The second-order valence-corrected chi connectivity index (χ2v) is 4.57. The minimum absolute atomic E-state index is 0.414. The molecule has 1 aromatic carbocycles. The van der Waals surface area contributed by atoms with Gasteiger partial charge in [0.05, 0.1) is 0 Å². The highest BCUT2D eigenvalue weighted by Crippen LogP contribution is 2.41. The highest BCUT2D eigenvalue weighted by Gasteiger charge is 2.29. The van der Waals surface area contributed by atoms with Gasteiger partial charge in [0.2, 0.25) is 0 Å². The average molecular weight is 219 g/mol. The van der Waals surface area contributed by atoms with Crippen molar-refractivity contribution in [3.05, 3.63) is 23.8 Å². The predicted octanol–water partition coefficient (Wildman–Crippen LogP) is 2.13. The maximum Gasteiger partial charge on any atom is 0.166 e. The van der Waals surface area contributed by atoms with E-state index < -0.39 is 0 Å². The number of para-hydroxylation sites is 1. The van der Waals surface area contributed by atoms with E-state index in [0.717, 1.165) is 18.0 Å². The Morgan fingerprint density at radius 2 is 2.12 bits per heavy atom. The lowest BCUT2D eigenvalue weighted by molar-refractivity contribution is 0.168. The average Bonchev–Trinajstić information content (AvgIpc) is 2.75. The quantitative estimate of drug-likeness (QED) is 0.785. The molecule has 1 aromatic rings. The topological polar surface area (TPSA) is 30.5 Å². The molecule has 2 heterocycles. The van der Waals surface area contributed by atoms with Crippen LogP contribution in [0.1, 0.15) is 24.9 Å². The molecule has 1 fully saturated rings. The van der Waals surface area contributed by atoms with Crippen molar-refractivity contribution in [2.45, 2.75) is 19.4 Å². The van der Waals surface area contributed by atoms with E-state index in [1.54, 1.807) is 0 Å². The van der Waals surface area contributed by atoms with Crippen molar-refractivity contribution in [1.29, 1.82) is 0 Å². The van der Waals surface area contributed by atoms with Crippen LogP contribution in [-0.4, -0.2) is 19.8 Å². The van der Waals surface area contributed by atoms with Gasteiger partial charge in [-0.1, -0.05) is 19.1 Å². The highest BCUT2D eigenvalue weighted by atomic mass is 16.6. The van der Waals surface area contributed by atoms with Crippen molar-refractivity contribution >= 4 is 0 Å². The van der Waals surface area contributed by atoms with E-state index in [1.807, 2.05) is 6.07 Å². The van der Waals surface area contributed by atoms with Gasteiger partial charge in [0.1, 0.15) is 13.2 Å². The van der Waals surface area contributed by atoms with Crippen LogP contribution in [-0.2, 0) is 0 Å². The Labute approximate surface area is 95.8 Å². The monoisotopic (exact) mass is 219 g/mol. The van der Waals surface area contributed by atoms with Crippen LogP contribution >= 0.6 is 0 Å². The van der Waals surface area contributed by atoms with Crippen LogP contribution in [0.25, 0.3) is 0 Å². The fourth-order valence-corrected chi connectivity index (χ4v) is 2.59. The summed E-state index contributed by atoms with van der Waals surface area (Å²) in [6.07, 6.45) is 1.23. The van der Waals surface area contributed by atoms with E-state index >= 15 is 0 Å². The third-order valence-corrected chi connectivity index (χ3v) is 3.46. The number of rotatable bonds is 1. The van der Waals surface area contributed by atoms with Gasteiger partial charge in [-0.05, 0) is 24.9 Å². The van der Waals surface area contributed by atoms with Gasteiger partial charge in [-0.3, -0.25) is 0 Å². The lowest BCUT2D eigenvalue weighted by atomic mass is 9.95. The minimum Gasteiger partial charge on any atom is -0.486 e. The van der Waals surface area contributed by atoms with E-state index in [9.17, 15) is 0 Å². The van der Waals surface area contributed by atoms with Crippen molar-refractivity contribution in [1.82, 2.24) is 5.32 Å². The van der Waals surface area contributed by atoms with Crippen molar-refractivity contribution in [3.63, 3.8) is 0 Å². The van der Waals surface area contributed by atoms with E-state index in [2.05, 4.69) is 24.4 Å². The van der Waals surface area contributed by atoms with Crippen molar-refractivity contribution in [3.8, 4) is 11.5 Å². The van der Waals surface area contributed by atoms with Gasteiger partial charge < -0.3 is 14.8 Å². The van der Waals surface area contributed by atoms with Gasteiger partial charge in [-0.15, -0.1) is 0 Å². The molecule has 1 N–H and O–H groups in total. The Morgan fingerprint density at radius 3 is 2.94 bits per heavy atom. The van der Waals surface area contributed by atoms with Crippen LogP contribution in [0.4, 0.5) is 0 Å². The molecular weight excluding hydrogens is 202 g/mol. The van der Waals surface area contributed by atoms with Crippen molar-refractivity contribution in [2.24, 2.45) is 5.92 Å². The van der Waals surface area contributed by atoms with Gasteiger partial charge in [0.15, 0.2) is 11.5 Å². The van der Waals surface area contributed by atoms with Crippen LogP contribution in [0, 0.1) is 5.92 Å². The molecule has 0 saturated carbocycles. The van der Waals surface area contributed by atoms with Crippen LogP contribution in [0.5, 0.6) is 11.5 Å². The Hall–Kier alpha value is -1.22. The maximum atomic E-state index is 5.75. The largest absolute Gasteiger partial charge is 0.486 e. The van der Waals surface area contributed by atoms with Crippen LogP contribution in [0.3, 0.4) is 0 Å². The standard InChI is InChI=1S/C13H17NO2/c1-9-5-6-14-12(9)10-3-2-4-11-13(10)16-8-7-15-11/h2-4,9,12,14H,5-8H2,1H3/t9-,12-/m1/s1. The Kier molecular flexibility index (Phi) is 2.48. The molecule has 16 heavy (non-hydrogen) atoms. The first-order valence-electron chi connectivity index (χ1n) is 5.98. The first kappa shape index (κ1) is 9.97. The summed E-state index contributed by atoms with van der Waals surface area (Å²) in [5.74, 6) is 2.50. The fourth-order valence-electron chi connectivity index (χ4n) is 2.59. The molecule has 0 spiro atoms. The van der Waals surface area contributed by atoms with E-state index in [0.29, 0.717) is 25.2 Å². The fraction of sp³-hybridized carbons (Fsp3) is 0.538. The molecule has 2 atom stereocenters. The second-order valence-electron chi connectivity index (χ2n) is 4.57. The number of fused-ring (bicyclic) bond motifs is 1. The molecule has 0 bridgehead atoms. The number of hydrogen-bond acceptors (Lipinski definition) is 3. The van der Waals surface area contributed by atoms with Gasteiger partial charge in [0, 0.05) is 11.6 Å². The molecule has 1 saturated heterocycles. The first-order valence-corrected chi connectivity index (χ1v) is 5.98. The van der Waals surface area contributed by atoms with Gasteiger partial charge in [-0.2, -0.15) is 0 Å². The number of hydrogen-bond donors (Lipinski definition) is 1. The smallest absolute Gasteiger partial charge is 0.166 e. The third kappa shape index (κ3) is 1.55. The Balaban J connectivity index is 2.00. The Morgan fingerprint density at radius 1 is 1.25 bits per heavy atom. The molecule has 0 aliphatic carbocycles. The molecule has 3 heteroatoms. The molecule has 0 aromatic heterocycles. The summed E-state index contributed by atoms with van der Waals surface area (Å²) in [7, 11) is 0. The number of benzene rings is 1. The summed E-state index contributed by atoms with van der Waals surface area (Å²) in [4.78, 5) is 0. The number of nitrogens with one attached hydrogen (secondary N) is 1. The summed E-state index contributed by atoms with van der Waals surface area (Å²) >= 11 is 0. The molecular formula is C13H17NO2. The molecule has 0 radical (unpaired) electrons. The zero-order chi connectivity index (χ0) is 11.0.